The second-order valence-corrected chi connectivity index (χ2v) is 14.1. The number of carbonyl (C=O) groups excluding carboxylic acids is 3. The molecule has 1 saturated carbocycles. The number of benzene rings is 2. The molecule has 1 aliphatic carbocycles. The first-order valence-electron chi connectivity index (χ1n) is 18.2. The summed E-state index contributed by atoms with van der Waals surface area (Å²) in [5, 5.41) is 26.6. The van der Waals surface area contributed by atoms with E-state index in [2.05, 4.69) is 36.6 Å². The molecule has 1 aliphatic rings. The van der Waals surface area contributed by atoms with Gasteiger partial charge in [0.05, 0.1) is 24.5 Å². The Labute approximate surface area is 320 Å². The first-order valence-corrected chi connectivity index (χ1v) is 19.1. The number of thiazole rings is 1. The highest BCUT2D eigenvalue weighted by Crippen LogP contribution is 2.25. The fourth-order valence-electron chi connectivity index (χ4n) is 5.97. The lowest BCUT2D eigenvalue weighted by Crippen LogP contribution is -2.54. The summed E-state index contributed by atoms with van der Waals surface area (Å²) < 4.78 is 12.9. The number of aromatic nitrogens is 1. The number of carbonyl (C=O) groups is 4. The van der Waals surface area contributed by atoms with Gasteiger partial charge in [0.1, 0.15) is 16.9 Å². The van der Waals surface area contributed by atoms with Gasteiger partial charge in [-0.1, -0.05) is 42.5 Å². The van der Waals surface area contributed by atoms with E-state index in [0.29, 0.717) is 64.5 Å². The van der Waals surface area contributed by atoms with Crippen molar-refractivity contribution in [1.29, 1.82) is 0 Å². The van der Waals surface area contributed by atoms with Gasteiger partial charge < -0.3 is 43.2 Å². The third-order valence-corrected chi connectivity index (χ3v) is 9.75. The lowest BCUT2D eigenvalue weighted by Gasteiger charge is -2.29. The van der Waals surface area contributed by atoms with E-state index in [9.17, 15) is 23.6 Å². The molecule has 2 aromatic carbocycles. The number of guanidine groups is 1. The molecule has 0 bridgehead atoms. The maximum Gasteiger partial charge on any atom is 0.306 e. The SMILES string of the molecule is CNCC(=O)N[C@@H](Cc1ccc(F)cc1)c1nccs1.C[C@H](NC1CCC(C(=O)O)CC1)C(=O)N[C@@H](CCCN=C(N)N)C(=O)NCCc1ccccc1. The van der Waals surface area contributed by atoms with Crippen molar-refractivity contribution < 1.29 is 28.7 Å². The van der Waals surface area contributed by atoms with Crippen LogP contribution in [0.2, 0.25) is 0 Å². The molecule has 16 heteroatoms. The highest BCUT2D eigenvalue weighted by Gasteiger charge is 2.29. The predicted octanol–water partition coefficient (Wildman–Crippen LogP) is 2.41. The van der Waals surface area contributed by atoms with E-state index in [-0.39, 0.29) is 54.0 Å². The molecule has 10 N–H and O–H groups in total. The number of hydrogen-bond acceptors (Lipinski definition) is 9. The van der Waals surface area contributed by atoms with E-state index in [4.69, 9.17) is 16.6 Å². The van der Waals surface area contributed by atoms with Crippen molar-refractivity contribution in [2.45, 2.75) is 82.5 Å². The summed E-state index contributed by atoms with van der Waals surface area (Å²) >= 11 is 1.49. The molecule has 4 rings (SSSR count). The Morgan fingerprint density at radius 3 is 2.30 bits per heavy atom. The van der Waals surface area contributed by atoms with Gasteiger partial charge in [0.15, 0.2) is 5.96 Å². The normalized spacial score (nSPS) is 16.7. The maximum atomic E-state index is 12.9. The van der Waals surface area contributed by atoms with Crippen LogP contribution < -0.4 is 38.1 Å². The number of rotatable bonds is 19. The highest BCUT2D eigenvalue weighted by atomic mass is 32.1. The van der Waals surface area contributed by atoms with Gasteiger partial charge in [-0.15, -0.1) is 11.3 Å². The molecular formula is C38H54FN9O5S. The number of hydrogen-bond donors (Lipinski definition) is 8. The van der Waals surface area contributed by atoms with Crippen LogP contribution in [0.1, 0.15) is 67.6 Å². The van der Waals surface area contributed by atoms with Gasteiger partial charge in [-0.25, -0.2) is 9.37 Å². The summed E-state index contributed by atoms with van der Waals surface area (Å²) in [7, 11) is 1.72. The Bertz CT molecular complexity index is 1600. The Morgan fingerprint density at radius 2 is 1.69 bits per heavy atom. The second kappa shape index (κ2) is 23.7. The molecule has 0 aliphatic heterocycles. The van der Waals surface area contributed by atoms with Crippen LogP contribution in [-0.2, 0) is 32.0 Å². The van der Waals surface area contributed by atoms with E-state index in [1.54, 1.807) is 32.3 Å². The van der Waals surface area contributed by atoms with Crippen molar-refractivity contribution in [3.8, 4) is 0 Å². The van der Waals surface area contributed by atoms with Gasteiger partial charge in [-0.05, 0) is 88.6 Å². The summed E-state index contributed by atoms with van der Waals surface area (Å²) in [6, 6.07) is 14.8. The number of aliphatic carboxylic acids is 1. The van der Waals surface area contributed by atoms with Crippen molar-refractivity contribution in [3.63, 3.8) is 0 Å². The molecule has 3 aromatic rings. The van der Waals surface area contributed by atoms with Crippen molar-refractivity contribution in [2.75, 3.05) is 26.7 Å². The van der Waals surface area contributed by atoms with Gasteiger partial charge in [0, 0.05) is 30.7 Å². The number of halogens is 1. The molecule has 0 saturated heterocycles. The molecule has 0 radical (unpaired) electrons. The van der Waals surface area contributed by atoms with Crippen molar-refractivity contribution in [2.24, 2.45) is 22.4 Å². The second-order valence-electron chi connectivity index (χ2n) is 13.2. The number of nitrogens with one attached hydrogen (secondary N) is 5. The van der Waals surface area contributed by atoms with Crippen LogP contribution in [0.3, 0.4) is 0 Å². The van der Waals surface area contributed by atoms with Gasteiger partial charge >= 0.3 is 5.97 Å². The van der Waals surface area contributed by atoms with Crippen molar-refractivity contribution in [1.82, 2.24) is 31.6 Å². The van der Waals surface area contributed by atoms with Crippen LogP contribution in [0.4, 0.5) is 4.39 Å². The molecular weight excluding hydrogens is 714 g/mol. The minimum atomic E-state index is -0.758. The third-order valence-electron chi connectivity index (χ3n) is 8.86. The number of likely N-dealkylation sites (N-methyl/N-ethyl adjacent to an activating group) is 1. The number of carboxylic acids is 1. The van der Waals surface area contributed by atoms with Crippen molar-refractivity contribution >= 4 is 41.0 Å². The van der Waals surface area contributed by atoms with Crippen LogP contribution in [-0.4, -0.2) is 84.5 Å². The zero-order valence-corrected chi connectivity index (χ0v) is 31.7. The zero-order valence-electron chi connectivity index (χ0n) is 30.9. The van der Waals surface area contributed by atoms with Gasteiger partial charge in [-0.2, -0.15) is 0 Å². The molecule has 3 atom stereocenters. The maximum absolute atomic E-state index is 12.9. The Morgan fingerprint density at radius 1 is 0.981 bits per heavy atom. The molecule has 1 fully saturated rings. The number of amides is 3. The lowest BCUT2D eigenvalue weighted by atomic mass is 9.86. The fourth-order valence-corrected chi connectivity index (χ4v) is 6.66. The number of nitrogens with zero attached hydrogens (tertiary/aromatic N) is 2. The summed E-state index contributed by atoms with van der Waals surface area (Å²) in [6.07, 6.45) is 6.53. The first-order chi connectivity index (χ1) is 25.9. The van der Waals surface area contributed by atoms with E-state index >= 15 is 0 Å². The molecule has 3 amide bonds. The van der Waals surface area contributed by atoms with E-state index in [0.717, 1.165) is 16.1 Å². The Kier molecular flexibility index (Phi) is 19.1. The van der Waals surface area contributed by atoms with E-state index < -0.39 is 18.1 Å². The molecule has 1 aromatic heterocycles. The summed E-state index contributed by atoms with van der Waals surface area (Å²) in [5.41, 5.74) is 12.8. The monoisotopic (exact) mass is 767 g/mol. The highest BCUT2D eigenvalue weighted by molar-refractivity contribution is 7.09. The average Bonchev–Trinajstić information content (AvgIpc) is 3.70. The molecule has 54 heavy (non-hydrogen) atoms. The van der Waals surface area contributed by atoms with Gasteiger partial charge in [0.25, 0.3) is 0 Å². The van der Waals surface area contributed by atoms with Crippen LogP contribution in [0.15, 0.2) is 71.2 Å². The first kappa shape index (κ1) is 43.5. The Hall–Kier alpha value is -4.93. The average molecular weight is 768 g/mol. The standard InChI is InChI=1S/C24H38N6O4.C14H16FN3OS/c1-16(29-19-11-9-18(10-12-19)23(33)34)21(31)30-20(8-5-14-28-24(25)26)22(32)27-15-13-17-6-3-2-4-7-17;1-16-9-13(19)18-12(14-17-6-7-20-14)8-10-2-4-11(15)5-3-10/h2-4,6-7,16,18-20,29H,5,8-15H2,1H3,(H,27,32)(H,30,31)(H,33,34)(H4,25,26,28);2-7,12,16H,8-9H2,1H3,(H,18,19)/t16-,18?,19?,20-;12-/m00/s1. The topological polar surface area (TPSA) is 226 Å². The largest absolute Gasteiger partial charge is 0.481 e. The number of nitrogens with two attached hydrogens (primary N) is 2. The van der Waals surface area contributed by atoms with Crippen LogP contribution in [0.25, 0.3) is 0 Å². The van der Waals surface area contributed by atoms with Crippen LogP contribution in [0.5, 0.6) is 0 Å². The minimum Gasteiger partial charge on any atom is -0.481 e. The number of carboxylic acid groups (broad SMARTS) is 1. The van der Waals surface area contributed by atoms with Gasteiger partial charge in [0.2, 0.25) is 17.7 Å². The number of aliphatic imine (C=N–C) groups is 1. The van der Waals surface area contributed by atoms with E-state index in [1.165, 1.54) is 23.5 Å². The molecule has 294 valence electrons. The minimum absolute atomic E-state index is 0.0108. The molecule has 1 heterocycles. The fraction of sp³-hybridized carbons (Fsp3) is 0.474. The molecule has 0 unspecified atom stereocenters. The lowest BCUT2D eigenvalue weighted by molar-refractivity contribution is -0.143. The van der Waals surface area contributed by atoms with Crippen LogP contribution >= 0.6 is 11.3 Å². The predicted molar refractivity (Wildman–Crippen MR) is 208 cm³/mol. The zero-order chi connectivity index (χ0) is 39.3. The van der Waals surface area contributed by atoms with Crippen LogP contribution in [0, 0.1) is 11.7 Å². The Balaban J connectivity index is 0.000000331. The van der Waals surface area contributed by atoms with E-state index in [1.807, 2.05) is 35.7 Å². The summed E-state index contributed by atoms with van der Waals surface area (Å²) in [6.45, 7) is 2.84. The molecule has 14 nitrogen and oxygen atoms in total. The molecule has 0 spiro atoms. The quantitative estimate of drug-likeness (QED) is 0.0505. The third kappa shape index (κ3) is 16.4. The summed E-state index contributed by atoms with van der Waals surface area (Å²) in [5.74, 6) is -1.95. The summed E-state index contributed by atoms with van der Waals surface area (Å²) in [4.78, 5) is 56.7. The van der Waals surface area contributed by atoms with Gasteiger partial charge in [-0.3, -0.25) is 24.2 Å². The van der Waals surface area contributed by atoms with Crippen molar-refractivity contribution in [3.05, 3.63) is 88.1 Å². The smallest absolute Gasteiger partial charge is 0.306 e.